The van der Waals surface area contributed by atoms with Gasteiger partial charge in [-0.25, -0.2) is 0 Å². The van der Waals surface area contributed by atoms with Crippen LogP contribution >= 0.6 is 0 Å². The van der Waals surface area contributed by atoms with Crippen molar-refractivity contribution in [3.05, 3.63) is 0 Å². The smallest absolute Gasteiger partial charge is 0.0265 e. The predicted molar refractivity (Wildman–Crippen MR) is 46.6 cm³/mol. The van der Waals surface area contributed by atoms with E-state index < -0.39 is 0 Å². The molecule has 2 heterocycles. The Hall–Kier alpha value is -0.0800. The van der Waals surface area contributed by atoms with Crippen LogP contribution in [-0.2, 0) is 0 Å². The Morgan fingerprint density at radius 2 is 2.18 bits per heavy atom. The molecule has 3 atom stereocenters. The first-order chi connectivity index (χ1) is 5.20. The highest BCUT2D eigenvalue weighted by Gasteiger charge is 2.44. The number of rotatable bonds is 1. The number of hydrogen-bond donors (Lipinski definition) is 1. The van der Waals surface area contributed by atoms with Crippen LogP contribution in [0.2, 0.25) is 0 Å². The standard InChI is InChI=1S/C9H18N2/c1-6(2)11-5-8-7(3)9(11)4-10-8/h6-10H,4-5H2,1-3H3. The fourth-order valence-corrected chi connectivity index (χ4v) is 2.52. The number of likely N-dealkylation sites (tertiary alicyclic amines) is 1. The molecule has 2 nitrogen and oxygen atoms in total. The summed E-state index contributed by atoms with van der Waals surface area (Å²) in [6, 6.07) is 2.33. The Morgan fingerprint density at radius 3 is 2.45 bits per heavy atom. The van der Waals surface area contributed by atoms with Gasteiger partial charge in [-0.2, -0.15) is 0 Å². The minimum Gasteiger partial charge on any atom is -0.311 e. The molecule has 0 amide bonds. The molecule has 2 saturated heterocycles. The van der Waals surface area contributed by atoms with Gasteiger partial charge >= 0.3 is 0 Å². The Balaban J connectivity index is 2.09. The van der Waals surface area contributed by atoms with Gasteiger partial charge < -0.3 is 5.32 Å². The van der Waals surface area contributed by atoms with Gasteiger partial charge in [0.15, 0.2) is 0 Å². The molecule has 0 radical (unpaired) electrons. The van der Waals surface area contributed by atoms with Crippen LogP contribution in [0.3, 0.4) is 0 Å². The van der Waals surface area contributed by atoms with Gasteiger partial charge in [0.05, 0.1) is 0 Å². The molecule has 2 aliphatic rings. The van der Waals surface area contributed by atoms with E-state index in [0.717, 1.165) is 24.0 Å². The first kappa shape index (κ1) is 7.56. The lowest BCUT2D eigenvalue weighted by Gasteiger charge is -2.30. The predicted octanol–water partition coefficient (Wildman–Crippen LogP) is 0.687. The summed E-state index contributed by atoms with van der Waals surface area (Å²) in [5.41, 5.74) is 0. The molecule has 2 fully saturated rings. The SMILES string of the molecule is CC1C2CN(C(C)C)C1CN2. The van der Waals surface area contributed by atoms with E-state index in [0.29, 0.717) is 0 Å². The Bertz CT molecular complexity index is 156. The summed E-state index contributed by atoms with van der Waals surface area (Å²) < 4.78 is 0. The van der Waals surface area contributed by atoms with Crippen molar-refractivity contribution < 1.29 is 0 Å². The quantitative estimate of drug-likeness (QED) is 0.597. The molecule has 0 aromatic rings. The number of nitrogens with zero attached hydrogens (tertiary/aromatic N) is 1. The second-order valence-corrected chi connectivity index (χ2v) is 4.23. The molecule has 0 saturated carbocycles. The van der Waals surface area contributed by atoms with Gasteiger partial charge in [0, 0.05) is 31.2 Å². The van der Waals surface area contributed by atoms with Crippen molar-refractivity contribution in [3.63, 3.8) is 0 Å². The van der Waals surface area contributed by atoms with E-state index in [-0.39, 0.29) is 0 Å². The molecule has 2 heteroatoms. The Morgan fingerprint density at radius 1 is 1.45 bits per heavy atom. The number of fused-ring (bicyclic) bond motifs is 2. The van der Waals surface area contributed by atoms with Gasteiger partial charge in [-0.3, -0.25) is 4.90 Å². The van der Waals surface area contributed by atoms with Gasteiger partial charge in [0.2, 0.25) is 0 Å². The summed E-state index contributed by atoms with van der Waals surface area (Å²) in [5.74, 6) is 0.873. The molecule has 1 N–H and O–H groups in total. The van der Waals surface area contributed by atoms with Crippen molar-refractivity contribution in [2.45, 2.75) is 38.9 Å². The van der Waals surface area contributed by atoms with E-state index in [1.807, 2.05) is 0 Å². The molecular weight excluding hydrogens is 136 g/mol. The molecule has 0 aromatic carbocycles. The fraction of sp³-hybridized carbons (Fsp3) is 1.00. The van der Waals surface area contributed by atoms with E-state index in [9.17, 15) is 0 Å². The van der Waals surface area contributed by atoms with Crippen LogP contribution in [0.15, 0.2) is 0 Å². The van der Waals surface area contributed by atoms with Crippen LogP contribution in [-0.4, -0.2) is 36.1 Å². The maximum atomic E-state index is 3.55. The van der Waals surface area contributed by atoms with Crippen molar-refractivity contribution in [1.29, 1.82) is 0 Å². The first-order valence-corrected chi connectivity index (χ1v) is 4.69. The lowest BCUT2D eigenvalue weighted by molar-refractivity contribution is 0.174. The van der Waals surface area contributed by atoms with Crippen molar-refractivity contribution >= 4 is 0 Å². The van der Waals surface area contributed by atoms with E-state index in [2.05, 4.69) is 31.0 Å². The van der Waals surface area contributed by atoms with Gasteiger partial charge in [-0.15, -0.1) is 0 Å². The Kier molecular flexibility index (Phi) is 1.69. The monoisotopic (exact) mass is 154 g/mol. The normalized spacial score (nSPS) is 44.2. The minimum atomic E-state index is 0.731. The van der Waals surface area contributed by atoms with Gasteiger partial charge in [0.1, 0.15) is 0 Å². The van der Waals surface area contributed by atoms with Crippen LogP contribution in [0.4, 0.5) is 0 Å². The molecule has 0 spiro atoms. The summed E-state index contributed by atoms with van der Waals surface area (Å²) in [7, 11) is 0. The minimum absolute atomic E-state index is 0.731. The molecule has 2 bridgehead atoms. The van der Waals surface area contributed by atoms with Crippen molar-refractivity contribution in [2.75, 3.05) is 13.1 Å². The zero-order valence-corrected chi connectivity index (χ0v) is 7.67. The average molecular weight is 154 g/mol. The summed E-state index contributed by atoms with van der Waals surface area (Å²) in [6.07, 6.45) is 0. The highest BCUT2D eigenvalue weighted by molar-refractivity contribution is 5.03. The van der Waals surface area contributed by atoms with Crippen molar-refractivity contribution in [2.24, 2.45) is 5.92 Å². The summed E-state index contributed by atoms with van der Waals surface area (Å²) in [5, 5.41) is 3.55. The lowest BCUT2D eigenvalue weighted by Crippen LogP contribution is -2.46. The van der Waals surface area contributed by atoms with Gasteiger partial charge in [-0.1, -0.05) is 6.92 Å². The number of nitrogens with one attached hydrogen (secondary N) is 1. The summed E-state index contributed by atoms with van der Waals surface area (Å²) >= 11 is 0. The molecule has 3 unspecified atom stereocenters. The van der Waals surface area contributed by atoms with Crippen molar-refractivity contribution in [1.82, 2.24) is 10.2 Å². The summed E-state index contributed by atoms with van der Waals surface area (Å²) in [6.45, 7) is 9.45. The van der Waals surface area contributed by atoms with Crippen LogP contribution in [0.1, 0.15) is 20.8 Å². The van der Waals surface area contributed by atoms with E-state index in [4.69, 9.17) is 0 Å². The fourth-order valence-electron chi connectivity index (χ4n) is 2.52. The topological polar surface area (TPSA) is 15.3 Å². The van der Waals surface area contributed by atoms with Gasteiger partial charge in [-0.05, 0) is 19.8 Å². The van der Waals surface area contributed by atoms with Crippen LogP contribution in [0.5, 0.6) is 0 Å². The molecular formula is C9H18N2. The third-order valence-electron chi connectivity index (χ3n) is 3.33. The van der Waals surface area contributed by atoms with Crippen molar-refractivity contribution in [3.8, 4) is 0 Å². The van der Waals surface area contributed by atoms with E-state index >= 15 is 0 Å². The maximum absolute atomic E-state index is 3.55. The number of hydrogen-bond acceptors (Lipinski definition) is 2. The molecule has 2 aliphatic heterocycles. The lowest BCUT2D eigenvalue weighted by atomic mass is 10.0. The molecule has 2 rings (SSSR count). The molecule has 11 heavy (non-hydrogen) atoms. The van der Waals surface area contributed by atoms with E-state index in [1.54, 1.807) is 0 Å². The van der Waals surface area contributed by atoms with Gasteiger partial charge in [0.25, 0.3) is 0 Å². The largest absolute Gasteiger partial charge is 0.311 e. The second kappa shape index (κ2) is 2.46. The zero-order valence-electron chi connectivity index (χ0n) is 7.67. The highest BCUT2D eigenvalue weighted by Crippen LogP contribution is 2.30. The maximum Gasteiger partial charge on any atom is 0.0265 e. The third-order valence-corrected chi connectivity index (χ3v) is 3.33. The molecule has 64 valence electrons. The van der Waals surface area contributed by atoms with Crippen LogP contribution < -0.4 is 5.32 Å². The van der Waals surface area contributed by atoms with E-state index in [1.165, 1.54) is 13.1 Å². The summed E-state index contributed by atoms with van der Waals surface area (Å²) in [4.78, 5) is 2.63. The highest BCUT2D eigenvalue weighted by atomic mass is 15.3. The molecule has 0 aromatic heterocycles. The van der Waals surface area contributed by atoms with Crippen LogP contribution in [0.25, 0.3) is 0 Å². The van der Waals surface area contributed by atoms with Crippen LogP contribution in [0, 0.1) is 5.92 Å². The zero-order chi connectivity index (χ0) is 8.01. The molecule has 0 aliphatic carbocycles. The first-order valence-electron chi connectivity index (χ1n) is 4.69. The third kappa shape index (κ3) is 1.00. The average Bonchev–Trinajstić information content (AvgIpc) is 2.46. The second-order valence-electron chi connectivity index (χ2n) is 4.23. The number of piperazine rings is 1. The Labute approximate surface area is 69.0 Å².